The van der Waals surface area contributed by atoms with E-state index >= 15 is 0 Å². The first-order chi connectivity index (χ1) is 12.8. The number of anilines is 1. The van der Waals surface area contributed by atoms with E-state index in [-0.39, 0.29) is 17.7 Å². The van der Waals surface area contributed by atoms with Gasteiger partial charge in [0.25, 0.3) is 5.91 Å². The molecule has 2 aromatic rings. The average Bonchev–Trinajstić information content (AvgIpc) is 2.64. The summed E-state index contributed by atoms with van der Waals surface area (Å²) in [5.74, 6) is 0.282. The van der Waals surface area contributed by atoms with Crippen LogP contribution in [0.5, 0.6) is 11.5 Å². The molecule has 0 aromatic heterocycles. The van der Waals surface area contributed by atoms with Crippen molar-refractivity contribution in [2.75, 3.05) is 19.5 Å². The van der Waals surface area contributed by atoms with Crippen molar-refractivity contribution in [1.29, 1.82) is 0 Å². The largest absolute Gasteiger partial charge is 0.497 e. The Hall–Kier alpha value is -3.02. The third kappa shape index (κ3) is 5.48. The Balaban J connectivity index is 2.17. The summed E-state index contributed by atoms with van der Waals surface area (Å²) < 4.78 is 10.4. The molecule has 6 nitrogen and oxygen atoms in total. The summed E-state index contributed by atoms with van der Waals surface area (Å²) >= 11 is 0. The van der Waals surface area contributed by atoms with Crippen molar-refractivity contribution in [1.82, 2.24) is 5.32 Å². The quantitative estimate of drug-likeness (QED) is 0.783. The maximum Gasteiger partial charge on any atom is 0.252 e. The van der Waals surface area contributed by atoms with Crippen molar-refractivity contribution in [3.05, 3.63) is 53.6 Å². The van der Waals surface area contributed by atoms with Crippen LogP contribution in [0.1, 0.15) is 29.8 Å². The summed E-state index contributed by atoms with van der Waals surface area (Å²) in [5.41, 5.74) is 2.10. The van der Waals surface area contributed by atoms with Gasteiger partial charge >= 0.3 is 0 Å². The first kappa shape index (κ1) is 20.3. The zero-order chi connectivity index (χ0) is 20.0. The number of benzene rings is 2. The van der Waals surface area contributed by atoms with Gasteiger partial charge in [0.2, 0.25) is 5.91 Å². The van der Waals surface area contributed by atoms with Crippen molar-refractivity contribution in [3.8, 4) is 11.5 Å². The van der Waals surface area contributed by atoms with Crippen molar-refractivity contribution in [2.45, 2.75) is 26.8 Å². The van der Waals surface area contributed by atoms with Crippen LogP contribution < -0.4 is 20.1 Å². The molecule has 144 valence electrons. The van der Waals surface area contributed by atoms with Gasteiger partial charge in [-0.15, -0.1) is 0 Å². The van der Waals surface area contributed by atoms with Crippen LogP contribution in [0.2, 0.25) is 0 Å². The summed E-state index contributed by atoms with van der Waals surface area (Å²) in [6.45, 7) is 5.72. The molecule has 1 unspecified atom stereocenters. The molecule has 0 saturated heterocycles. The molecule has 0 fully saturated rings. The maximum atomic E-state index is 12.7. The third-order valence-corrected chi connectivity index (χ3v) is 4.13. The van der Waals surface area contributed by atoms with Crippen molar-refractivity contribution in [2.24, 2.45) is 5.92 Å². The highest BCUT2D eigenvalue weighted by Gasteiger charge is 2.25. The van der Waals surface area contributed by atoms with E-state index in [1.165, 1.54) is 14.2 Å². The summed E-state index contributed by atoms with van der Waals surface area (Å²) in [6, 6.07) is 11.7. The molecule has 6 heteroatoms. The molecule has 0 aliphatic heterocycles. The molecule has 2 amide bonds. The zero-order valence-corrected chi connectivity index (χ0v) is 16.3. The van der Waals surface area contributed by atoms with Gasteiger partial charge < -0.3 is 20.1 Å². The van der Waals surface area contributed by atoms with Crippen molar-refractivity contribution in [3.63, 3.8) is 0 Å². The molecule has 0 aliphatic rings. The number of ether oxygens (including phenoxy) is 2. The number of amides is 2. The topological polar surface area (TPSA) is 76.7 Å². The molecule has 1 atom stereocenters. The summed E-state index contributed by atoms with van der Waals surface area (Å²) in [6.07, 6.45) is 0. The number of hydrogen-bond donors (Lipinski definition) is 2. The van der Waals surface area contributed by atoms with Gasteiger partial charge in [0.05, 0.1) is 14.2 Å². The van der Waals surface area contributed by atoms with E-state index in [9.17, 15) is 9.59 Å². The van der Waals surface area contributed by atoms with E-state index in [0.29, 0.717) is 22.7 Å². The molecule has 0 bridgehead atoms. The standard InChI is InChI=1S/C21H26N2O4/c1-13(2)19(21(25)22-16-8-6-7-14(3)9-16)23-20(24)15-10-17(26-4)12-18(11-15)27-5/h6-13,19H,1-5H3,(H,22,25)(H,23,24). The van der Waals surface area contributed by atoms with Crippen LogP contribution in [0, 0.1) is 12.8 Å². The third-order valence-electron chi connectivity index (χ3n) is 4.13. The van der Waals surface area contributed by atoms with Crippen LogP contribution in [0.15, 0.2) is 42.5 Å². The number of methoxy groups -OCH3 is 2. The molecule has 0 heterocycles. The fraction of sp³-hybridized carbons (Fsp3) is 0.333. The number of carbonyl (C=O) groups is 2. The highest BCUT2D eigenvalue weighted by Crippen LogP contribution is 2.22. The van der Waals surface area contributed by atoms with Crippen molar-refractivity contribution >= 4 is 17.5 Å². The molecule has 0 spiro atoms. The minimum absolute atomic E-state index is 0.0914. The smallest absolute Gasteiger partial charge is 0.252 e. The Morgan fingerprint density at radius 3 is 2.11 bits per heavy atom. The normalized spacial score (nSPS) is 11.6. The fourth-order valence-corrected chi connectivity index (χ4v) is 2.64. The lowest BCUT2D eigenvalue weighted by molar-refractivity contribution is -0.118. The minimum Gasteiger partial charge on any atom is -0.497 e. The average molecular weight is 370 g/mol. The lowest BCUT2D eigenvalue weighted by atomic mass is 10.0. The Kier molecular flexibility index (Phi) is 6.82. The van der Waals surface area contributed by atoms with Crippen LogP contribution in [0.25, 0.3) is 0 Å². The molecule has 2 rings (SSSR count). The number of nitrogens with one attached hydrogen (secondary N) is 2. The zero-order valence-electron chi connectivity index (χ0n) is 16.3. The fourth-order valence-electron chi connectivity index (χ4n) is 2.64. The van der Waals surface area contributed by atoms with E-state index in [1.54, 1.807) is 18.2 Å². The van der Waals surface area contributed by atoms with Crippen LogP contribution >= 0.6 is 0 Å². The summed E-state index contributed by atoms with van der Waals surface area (Å²) in [4.78, 5) is 25.4. The van der Waals surface area contributed by atoms with E-state index in [4.69, 9.17) is 9.47 Å². The molecule has 0 radical (unpaired) electrons. The maximum absolute atomic E-state index is 12.7. The Morgan fingerprint density at radius 1 is 0.963 bits per heavy atom. The van der Waals surface area contributed by atoms with Crippen LogP contribution in [-0.2, 0) is 4.79 Å². The number of hydrogen-bond acceptors (Lipinski definition) is 4. The molecule has 2 aromatic carbocycles. The Morgan fingerprint density at radius 2 is 1.59 bits per heavy atom. The SMILES string of the molecule is COc1cc(OC)cc(C(=O)NC(C(=O)Nc2cccc(C)c2)C(C)C)c1. The highest BCUT2D eigenvalue weighted by molar-refractivity contribution is 6.01. The summed E-state index contributed by atoms with van der Waals surface area (Å²) in [7, 11) is 3.03. The van der Waals surface area contributed by atoms with E-state index in [1.807, 2.05) is 45.0 Å². The van der Waals surface area contributed by atoms with E-state index in [2.05, 4.69) is 10.6 Å². The first-order valence-corrected chi connectivity index (χ1v) is 8.75. The minimum atomic E-state index is -0.685. The van der Waals surface area contributed by atoms with Crippen LogP contribution in [-0.4, -0.2) is 32.1 Å². The molecule has 0 aliphatic carbocycles. The van der Waals surface area contributed by atoms with Gasteiger partial charge in [-0.1, -0.05) is 26.0 Å². The predicted octanol–water partition coefficient (Wildman–Crippen LogP) is 3.41. The lowest BCUT2D eigenvalue weighted by Gasteiger charge is -2.22. The molecule has 27 heavy (non-hydrogen) atoms. The molecule has 2 N–H and O–H groups in total. The van der Waals surface area contributed by atoms with Gasteiger partial charge in [0.1, 0.15) is 17.5 Å². The second-order valence-electron chi connectivity index (χ2n) is 6.66. The first-order valence-electron chi connectivity index (χ1n) is 8.75. The molecular weight excluding hydrogens is 344 g/mol. The van der Waals surface area contributed by atoms with Gasteiger partial charge in [-0.25, -0.2) is 0 Å². The van der Waals surface area contributed by atoms with Gasteiger partial charge in [-0.3, -0.25) is 9.59 Å². The monoisotopic (exact) mass is 370 g/mol. The Bertz CT molecular complexity index is 795. The predicted molar refractivity (Wildman–Crippen MR) is 105 cm³/mol. The van der Waals surface area contributed by atoms with E-state index < -0.39 is 6.04 Å². The van der Waals surface area contributed by atoms with Gasteiger partial charge in [0.15, 0.2) is 0 Å². The molecular formula is C21H26N2O4. The van der Waals surface area contributed by atoms with E-state index in [0.717, 1.165) is 5.56 Å². The lowest BCUT2D eigenvalue weighted by Crippen LogP contribution is -2.47. The van der Waals surface area contributed by atoms with Crippen LogP contribution in [0.3, 0.4) is 0 Å². The van der Waals surface area contributed by atoms with Gasteiger partial charge in [0, 0.05) is 17.3 Å². The van der Waals surface area contributed by atoms with Crippen molar-refractivity contribution < 1.29 is 19.1 Å². The van der Waals surface area contributed by atoms with Gasteiger partial charge in [-0.2, -0.15) is 0 Å². The second-order valence-corrected chi connectivity index (χ2v) is 6.66. The second kappa shape index (κ2) is 9.07. The highest BCUT2D eigenvalue weighted by atomic mass is 16.5. The number of aryl methyl sites for hydroxylation is 1. The number of rotatable bonds is 7. The molecule has 0 saturated carbocycles. The van der Waals surface area contributed by atoms with Crippen LogP contribution in [0.4, 0.5) is 5.69 Å². The number of carbonyl (C=O) groups excluding carboxylic acids is 2. The van der Waals surface area contributed by atoms with Gasteiger partial charge in [-0.05, 0) is 42.7 Å². The Labute approximate surface area is 159 Å². The summed E-state index contributed by atoms with van der Waals surface area (Å²) in [5, 5.41) is 5.67.